The van der Waals surface area contributed by atoms with Crippen LogP contribution in [-0.2, 0) is 24.0 Å². The average Bonchev–Trinajstić information content (AvgIpc) is 3.74. The molecule has 8 heteroatoms. The molecule has 1 aliphatic carbocycles. The Bertz CT molecular complexity index is 1890. The molecule has 2 fully saturated rings. The lowest BCUT2D eigenvalue weighted by atomic mass is 9.65. The second kappa shape index (κ2) is 18.7. The fourth-order valence-corrected chi connectivity index (χ4v) is 9.15. The van der Waals surface area contributed by atoms with Crippen LogP contribution in [0.15, 0.2) is 84.9 Å². The number of fused-ring (bicyclic) bond motifs is 3. The Balaban J connectivity index is 1.32. The molecule has 0 bridgehead atoms. The van der Waals surface area contributed by atoms with E-state index in [1.54, 1.807) is 0 Å². The largest absolute Gasteiger partial charge is 0.494 e. The van der Waals surface area contributed by atoms with Crippen LogP contribution in [0.25, 0.3) is 11.1 Å². The van der Waals surface area contributed by atoms with Crippen LogP contribution in [0.4, 0.5) is 0 Å². The van der Waals surface area contributed by atoms with Crippen LogP contribution in [0.1, 0.15) is 169 Å². The van der Waals surface area contributed by atoms with E-state index in [4.69, 9.17) is 28.1 Å². The van der Waals surface area contributed by atoms with E-state index < -0.39 is 42.1 Å². The molecule has 0 saturated carbocycles. The monoisotopic (exact) mass is 827 g/mol. The molecule has 0 atom stereocenters. The maximum atomic E-state index is 6.68. The second-order valence-corrected chi connectivity index (χ2v) is 19.8. The lowest BCUT2D eigenvalue weighted by Crippen LogP contribution is -2.41. The predicted molar refractivity (Wildman–Crippen MR) is 253 cm³/mol. The molecule has 0 aromatic heterocycles. The molecule has 3 aliphatic rings. The van der Waals surface area contributed by atoms with Gasteiger partial charge in [-0.05, 0) is 137 Å². The Kier molecular flexibility index (Phi) is 13.9. The third kappa shape index (κ3) is 9.26. The molecule has 4 aromatic carbocycles. The quantitative estimate of drug-likeness (QED) is 0.0575. The van der Waals surface area contributed by atoms with Crippen molar-refractivity contribution in [2.75, 3.05) is 13.2 Å². The van der Waals surface area contributed by atoms with E-state index in [9.17, 15) is 0 Å². The van der Waals surface area contributed by atoms with E-state index in [2.05, 4.69) is 154 Å². The standard InChI is InChI=1S/C53H72B2O6/c1-11-13-15-17-19-21-35-56-43-29-23-39(24-30-43)53(40-25-31-44(32-26-40)57-36-22-20-18-16-14-12-2)47-37-41(54-58-49(3,4)50(5,6)59-54)27-33-45(47)46-34-28-42(38-48(46)53)55-60-51(7,8)52(9,10)61-55/h23-34,37-38H,11-22,35-36H2,1-10H3. The van der Waals surface area contributed by atoms with Gasteiger partial charge in [-0.2, -0.15) is 0 Å². The Labute approximate surface area is 369 Å². The number of hydrogen-bond donors (Lipinski definition) is 0. The first-order valence-corrected chi connectivity index (χ1v) is 23.6. The summed E-state index contributed by atoms with van der Waals surface area (Å²) in [5.41, 5.74) is 6.45. The van der Waals surface area contributed by atoms with Gasteiger partial charge in [-0.1, -0.05) is 139 Å². The molecule has 7 rings (SSSR count). The van der Waals surface area contributed by atoms with Crippen LogP contribution in [0.3, 0.4) is 0 Å². The zero-order valence-corrected chi connectivity index (χ0v) is 39.1. The van der Waals surface area contributed by atoms with E-state index in [0.717, 1.165) is 59.6 Å². The maximum absolute atomic E-state index is 6.68. The van der Waals surface area contributed by atoms with Crippen molar-refractivity contribution in [1.82, 2.24) is 0 Å². The lowest BCUT2D eigenvalue weighted by Gasteiger charge is -2.34. The van der Waals surface area contributed by atoms with E-state index in [0.29, 0.717) is 0 Å². The first-order chi connectivity index (χ1) is 29.1. The number of benzene rings is 4. The van der Waals surface area contributed by atoms with Gasteiger partial charge in [0.15, 0.2) is 0 Å². The minimum atomic E-state index is -0.709. The second-order valence-electron chi connectivity index (χ2n) is 19.8. The third-order valence-corrected chi connectivity index (χ3v) is 14.3. The topological polar surface area (TPSA) is 55.4 Å². The van der Waals surface area contributed by atoms with Gasteiger partial charge in [-0.25, -0.2) is 0 Å². The van der Waals surface area contributed by atoms with Gasteiger partial charge in [-0.15, -0.1) is 0 Å². The van der Waals surface area contributed by atoms with E-state index in [-0.39, 0.29) is 0 Å². The van der Waals surface area contributed by atoms with Crippen molar-refractivity contribution in [2.45, 2.75) is 174 Å². The molecule has 0 unspecified atom stereocenters. The molecule has 326 valence electrons. The summed E-state index contributed by atoms with van der Waals surface area (Å²) < 4.78 is 39.5. The Morgan fingerprint density at radius 1 is 0.410 bits per heavy atom. The summed E-state index contributed by atoms with van der Waals surface area (Å²) >= 11 is 0. The van der Waals surface area contributed by atoms with E-state index in [1.165, 1.54) is 86.5 Å². The van der Waals surface area contributed by atoms with Crippen molar-refractivity contribution in [3.05, 3.63) is 107 Å². The van der Waals surface area contributed by atoms with Crippen molar-refractivity contribution >= 4 is 25.2 Å². The third-order valence-electron chi connectivity index (χ3n) is 14.3. The van der Waals surface area contributed by atoms with Crippen molar-refractivity contribution in [3.8, 4) is 22.6 Å². The van der Waals surface area contributed by atoms with Crippen molar-refractivity contribution in [2.24, 2.45) is 0 Å². The molecule has 61 heavy (non-hydrogen) atoms. The maximum Gasteiger partial charge on any atom is 0.494 e. The zero-order chi connectivity index (χ0) is 43.5. The molecule has 0 spiro atoms. The summed E-state index contributed by atoms with van der Waals surface area (Å²) in [4.78, 5) is 0. The van der Waals surface area contributed by atoms with Crippen LogP contribution in [0, 0.1) is 0 Å². The summed E-state index contributed by atoms with van der Waals surface area (Å²) in [7, 11) is -1.01. The number of unbranched alkanes of at least 4 members (excludes halogenated alkanes) is 10. The minimum absolute atomic E-state index is 0.467. The SMILES string of the molecule is CCCCCCCCOc1ccc(C2(c3ccc(OCCCCCCCC)cc3)c3cc(B4OC(C)(C)C(C)(C)O4)ccc3-c3ccc(B4OC(C)(C)C(C)(C)O4)cc32)cc1. The molecular weight excluding hydrogens is 754 g/mol. The highest BCUT2D eigenvalue weighted by Crippen LogP contribution is 2.56. The van der Waals surface area contributed by atoms with Crippen LogP contribution in [0.2, 0.25) is 0 Å². The van der Waals surface area contributed by atoms with E-state index >= 15 is 0 Å². The first-order valence-electron chi connectivity index (χ1n) is 23.6. The molecular formula is C53H72B2O6. The molecule has 4 aromatic rings. The molecule has 0 radical (unpaired) electrons. The van der Waals surface area contributed by atoms with Gasteiger partial charge < -0.3 is 28.1 Å². The van der Waals surface area contributed by atoms with Crippen LogP contribution in [-0.4, -0.2) is 49.9 Å². The van der Waals surface area contributed by atoms with Gasteiger partial charge in [0, 0.05) is 0 Å². The van der Waals surface area contributed by atoms with Crippen molar-refractivity contribution < 1.29 is 28.1 Å². The fraction of sp³-hybridized carbons (Fsp3) is 0.547. The predicted octanol–water partition coefficient (Wildman–Crippen LogP) is 12.1. The summed E-state index contributed by atoms with van der Waals surface area (Å²) in [6.07, 6.45) is 14.8. The van der Waals surface area contributed by atoms with Gasteiger partial charge in [0.1, 0.15) is 11.5 Å². The normalized spacial score (nSPS) is 18.9. The molecule has 2 heterocycles. The lowest BCUT2D eigenvalue weighted by molar-refractivity contribution is 0.00578. The summed E-state index contributed by atoms with van der Waals surface area (Å²) in [6, 6.07) is 31.2. The molecule has 0 amide bonds. The minimum Gasteiger partial charge on any atom is -0.494 e. The van der Waals surface area contributed by atoms with Crippen molar-refractivity contribution in [1.29, 1.82) is 0 Å². The molecule has 0 N–H and O–H groups in total. The fourth-order valence-electron chi connectivity index (χ4n) is 9.15. The van der Waals surface area contributed by atoms with Gasteiger partial charge >= 0.3 is 14.2 Å². The Hall–Kier alpha value is -3.55. The van der Waals surface area contributed by atoms with Crippen LogP contribution in [0.5, 0.6) is 11.5 Å². The van der Waals surface area contributed by atoms with Crippen LogP contribution >= 0.6 is 0 Å². The van der Waals surface area contributed by atoms with Gasteiger partial charge in [0.05, 0.1) is 41.0 Å². The molecule has 6 nitrogen and oxygen atoms in total. The highest BCUT2D eigenvalue weighted by molar-refractivity contribution is 6.62. The average molecular weight is 827 g/mol. The van der Waals surface area contributed by atoms with Gasteiger partial charge in [0.2, 0.25) is 0 Å². The zero-order valence-electron chi connectivity index (χ0n) is 39.1. The highest BCUT2D eigenvalue weighted by Gasteiger charge is 2.55. The number of rotatable bonds is 20. The summed E-state index contributed by atoms with van der Waals surface area (Å²) in [5.74, 6) is 1.78. The summed E-state index contributed by atoms with van der Waals surface area (Å²) in [6.45, 7) is 22.9. The number of ether oxygens (including phenoxy) is 2. The number of hydrogen-bond acceptors (Lipinski definition) is 6. The Morgan fingerprint density at radius 2 is 0.738 bits per heavy atom. The smallest absolute Gasteiger partial charge is 0.494 e. The first kappa shape index (κ1) is 45.5. The van der Waals surface area contributed by atoms with Gasteiger partial charge in [0.25, 0.3) is 0 Å². The van der Waals surface area contributed by atoms with Gasteiger partial charge in [-0.3, -0.25) is 0 Å². The van der Waals surface area contributed by atoms with Crippen molar-refractivity contribution in [3.63, 3.8) is 0 Å². The van der Waals surface area contributed by atoms with E-state index in [1.807, 2.05) is 0 Å². The highest BCUT2D eigenvalue weighted by atomic mass is 16.7. The molecule has 2 saturated heterocycles. The molecule has 2 aliphatic heterocycles. The van der Waals surface area contributed by atoms with Crippen LogP contribution < -0.4 is 20.4 Å². The summed E-state index contributed by atoms with van der Waals surface area (Å²) in [5, 5.41) is 0. The Morgan fingerprint density at radius 3 is 1.08 bits per heavy atom.